The number of benzene rings is 2. The van der Waals surface area contributed by atoms with Crippen molar-refractivity contribution >= 4 is 5.91 Å². The van der Waals surface area contributed by atoms with E-state index in [-0.39, 0.29) is 11.9 Å². The largest absolute Gasteiger partial charge is 0.508 e. The second-order valence-corrected chi connectivity index (χ2v) is 5.58. The number of phenolic OH excluding ortho intramolecular Hbond substituents is 1. The van der Waals surface area contributed by atoms with E-state index in [9.17, 15) is 9.90 Å². The van der Waals surface area contributed by atoms with Crippen LogP contribution in [0.4, 0.5) is 0 Å². The third kappa shape index (κ3) is 2.83. The molecule has 1 aliphatic carbocycles. The summed E-state index contributed by atoms with van der Waals surface area (Å²) in [6, 6.07) is 13.0. The third-order valence-corrected chi connectivity index (χ3v) is 4.06. The lowest BCUT2D eigenvalue weighted by Gasteiger charge is -2.14. The molecular weight excluding hydrogens is 278 g/mol. The van der Waals surface area contributed by atoms with Gasteiger partial charge in [0.15, 0.2) is 0 Å². The lowest BCUT2D eigenvalue weighted by Crippen LogP contribution is -2.35. The zero-order valence-electron chi connectivity index (χ0n) is 12.5. The molecule has 0 saturated carbocycles. The van der Waals surface area contributed by atoms with Crippen molar-refractivity contribution in [3.63, 3.8) is 0 Å². The minimum Gasteiger partial charge on any atom is -0.508 e. The van der Waals surface area contributed by atoms with E-state index < -0.39 is 0 Å². The molecule has 0 aliphatic heterocycles. The fourth-order valence-electron chi connectivity index (χ4n) is 3.02. The maximum atomic E-state index is 12.5. The molecule has 2 N–H and O–H groups in total. The summed E-state index contributed by atoms with van der Waals surface area (Å²) in [5.41, 5.74) is 3.57. The lowest BCUT2D eigenvalue weighted by molar-refractivity contribution is 0.0933. The van der Waals surface area contributed by atoms with Crippen LogP contribution in [0.1, 0.15) is 27.0 Å². The van der Waals surface area contributed by atoms with Gasteiger partial charge in [-0.1, -0.05) is 30.3 Å². The van der Waals surface area contributed by atoms with Crippen LogP contribution in [0.25, 0.3) is 0 Å². The third-order valence-electron chi connectivity index (χ3n) is 4.06. The minimum absolute atomic E-state index is 0.0198. The molecule has 22 heavy (non-hydrogen) atoms. The van der Waals surface area contributed by atoms with E-state index in [4.69, 9.17) is 4.74 Å². The Balaban J connectivity index is 1.73. The SMILES string of the molecule is COCc1ccccc1C(=O)N[C@@H]1Cc2cccc(O)c2C1. The van der Waals surface area contributed by atoms with E-state index in [0.29, 0.717) is 24.3 Å². The zero-order chi connectivity index (χ0) is 15.5. The van der Waals surface area contributed by atoms with Crippen LogP contribution in [0.15, 0.2) is 42.5 Å². The molecule has 0 bridgehead atoms. The molecule has 3 rings (SSSR count). The molecule has 1 aliphatic rings. The van der Waals surface area contributed by atoms with Gasteiger partial charge in [0.1, 0.15) is 5.75 Å². The first-order valence-electron chi connectivity index (χ1n) is 7.36. The number of carbonyl (C=O) groups excluding carboxylic acids is 1. The number of amides is 1. The number of hydrogen-bond donors (Lipinski definition) is 2. The van der Waals surface area contributed by atoms with Crippen molar-refractivity contribution in [3.8, 4) is 5.75 Å². The molecule has 0 saturated heterocycles. The number of phenols is 1. The minimum atomic E-state index is -0.0926. The van der Waals surface area contributed by atoms with Gasteiger partial charge >= 0.3 is 0 Å². The number of rotatable bonds is 4. The van der Waals surface area contributed by atoms with Crippen LogP contribution in [0.5, 0.6) is 5.75 Å². The van der Waals surface area contributed by atoms with Crippen molar-refractivity contribution in [3.05, 3.63) is 64.7 Å². The summed E-state index contributed by atoms with van der Waals surface area (Å²) in [5.74, 6) is 0.221. The first-order chi connectivity index (χ1) is 10.7. The summed E-state index contributed by atoms with van der Waals surface area (Å²) in [6.45, 7) is 0.412. The molecule has 0 heterocycles. The molecule has 4 heteroatoms. The van der Waals surface area contributed by atoms with Crippen molar-refractivity contribution < 1.29 is 14.6 Å². The van der Waals surface area contributed by atoms with Crippen molar-refractivity contribution in [2.45, 2.75) is 25.5 Å². The molecule has 0 fully saturated rings. The number of methoxy groups -OCH3 is 1. The van der Waals surface area contributed by atoms with Gasteiger partial charge in [-0.2, -0.15) is 0 Å². The Hall–Kier alpha value is -2.33. The molecule has 4 nitrogen and oxygen atoms in total. The van der Waals surface area contributed by atoms with Gasteiger partial charge in [-0.15, -0.1) is 0 Å². The number of hydrogen-bond acceptors (Lipinski definition) is 3. The Kier molecular flexibility index (Phi) is 4.11. The first kappa shape index (κ1) is 14.6. The van der Waals surface area contributed by atoms with Gasteiger partial charge in [-0.05, 0) is 41.7 Å². The molecule has 2 aromatic rings. The highest BCUT2D eigenvalue weighted by molar-refractivity contribution is 5.95. The second kappa shape index (κ2) is 6.20. The van der Waals surface area contributed by atoms with E-state index in [2.05, 4.69) is 5.32 Å². The van der Waals surface area contributed by atoms with Crippen molar-refractivity contribution in [2.24, 2.45) is 0 Å². The van der Waals surface area contributed by atoms with Gasteiger partial charge < -0.3 is 15.2 Å². The van der Waals surface area contributed by atoms with Crippen molar-refractivity contribution in [1.29, 1.82) is 0 Å². The van der Waals surface area contributed by atoms with Gasteiger partial charge in [-0.25, -0.2) is 0 Å². The lowest BCUT2D eigenvalue weighted by atomic mass is 10.1. The Bertz CT molecular complexity index is 696. The number of aromatic hydroxyl groups is 1. The molecule has 0 radical (unpaired) electrons. The van der Waals surface area contributed by atoms with Gasteiger partial charge in [0, 0.05) is 18.7 Å². The second-order valence-electron chi connectivity index (χ2n) is 5.58. The van der Waals surface area contributed by atoms with Gasteiger partial charge in [0.05, 0.1) is 6.61 Å². The Labute approximate surface area is 129 Å². The number of carbonyl (C=O) groups is 1. The number of ether oxygens (including phenoxy) is 1. The zero-order valence-corrected chi connectivity index (χ0v) is 12.5. The summed E-state index contributed by atoms with van der Waals surface area (Å²) in [4.78, 5) is 12.5. The number of nitrogens with one attached hydrogen (secondary N) is 1. The van der Waals surface area contributed by atoms with Gasteiger partial charge in [0.25, 0.3) is 5.91 Å². The molecule has 0 unspecified atom stereocenters. The summed E-state index contributed by atoms with van der Waals surface area (Å²) in [7, 11) is 1.62. The van der Waals surface area contributed by atoms with E-state index >= 15 is 0 Å². The van der Waals surface area contributed by atoms with Crippen LogP contribution in [-0.2, 0) is 24.2 Å². The molecule has 0 spiro atoms. The topological polar surface area (TPSA) is 58.6 Å². The fourth-order valence-corrected chi connectivity index (χ4v) is 3.02. The Morgan fingerprint density at radius 3 is 2.82 bits per heavy atom. The maximum absolute atomic E-state index is 12.5. The predicted octanol–water partition coefficient (Wildman–Crippen LogP) is 2.44. The van der Waals surface area contributed by atoms with E-state index in [1.54, 1.807) is 13.2 Å². The Morgan fingerprint density at radius 1 is 1.23 bits per heavy atom. The average Bonchev–Trinajstić information content (AvgIpc) is 2.92. The van der Waals surface area contributed by atoms with E-state index in [0.717, 1.165) is 23.1 Å². The van der Waals surface area contributed by atoms with E-state index in [1.165, 1.54) is 0 Å². The Morgan fingerprint density at radius 2 is 2.05 bits per heavy atom. The van der Waals surface area contributed by atoms with Crippen LogP contribution in [0.2, 0.25) is 0 Å². The summed E-state index contributed by atoms with van der Waals surface area (Å²) in [5, 5.41) is 12.9. The van der Waals surface area contributed by atoms with Crippen molar-refractivity contribution in [1.82, 2.24) is 5.32 Å². The molecule has 1 atom stereocenters. The summed E-state index contributed by atoms with van der Waals surface area (Å²) < 4.78 is 5.14. The highest BCUT2D eigenvalue weighted by atomic mass is 16.5. The highest BCUT2D eigenvalue weighted by Gasteiger charge is 2.25. The van der Waals surface area contributed by atoms with E-state index in [1.807, 2.05) is 36.4 Å². The number of fused-ring (bicyclic) bond motifs is 1. The maximum Gasteiger partial charge on any atom is 0.251 e. The molecule has 114 valence electrons. The van der Waals surface area contributed by atoms with Crippen molar-refractivity contribution in [2.75, 3.05) is 7.11 Å². The van der Waals surface area contributed by atoms with Crippen LogP contribution >= 0.6 is 0 Å². The molecule has 1 amide bonds. The molecular formula is C18H19NO3. The van der Waals surface area contributed by atoms with Crippen LogP contribution in [0, 0.1) is 0 Å². The fraction of sp³-hybridized carbons (Fsp3) is 0.278. The van der Waals surface area contributed by atoms with Crippen LogP contribution in [-0.4, -0.2) is 24.2 Å². The molecule has 2 aromatic carbocycles. The van der Waals surface area contributed by atoms with Crippen LogP contribution in [0.3, 0.4) is 0 Å². The highest BCUT2D eigenvalue weighted by Crippen LogP contribution is 2.29. The van der Waals surface area contributed by atoms with Gasteiger partial charge in [0.2, 0.25) is 0 Å². The predicted molar refractivity (Wildman–Crippen MR) is 83.9 cm³/mol. The first-order valence-corrected chi connectivity index (χ1v) is 7.36. The van der Waals surface area contributed by atoms with Crippen LogP contribution < -0.4 is 5.32 Å². The average molecular weight is 297 g/mol. The summed E-state index contributed by atoms with van der Waals surface area (Å²) in [6.07, 6.45) is 1.42. The normalized spacial score (nSPS) is 16.3. The monoisotopic (exact) mass is 297 g/mol. The quantitative estimate of drug-likeness (QED) is 0.911. The molecule has 0 aromatic heterocycles. The van der Waals surface area contributed by atoms with Gasteiger partial charge in [-0.3, -0.25) is 4.79 Å². The standard InChI is InChI=1S/C18H19NO3/c1-22-11-13-5-2-3-7-15(13)18(21)19-14-9-12-6-4-8-17(20)16(12)10-14/h2-8,14,20H,9-11H2,1H3,(H,19,21)/t14-/m1/s1. The summed E-state index contributed by atoms with van der Waals surface area (Å²) >= 11 is 0. The smallest absolute Gasteiger partial charge is 0.251 e.